The van der Waals surface area contributed by atoms with Crippen molar-refractivity contribution in [3.05, 3.63) is 81.3 Å². The van der Waals surface area contributed by atoms with Crippen LogP contribution in [0.3, 0.4) is 0 Å². The maximum atomic E-state index is 12.6. The monoisotopic (exact) mass is 485 g/mol. The third-order valence-corrected chi connectivity index (χ3v) is 6.60. The predicted octanol–water partition coefficient (Wildman–Crippen LogP) is 7.01. The Bertz CT molecular complexity index is 1300. The van der Waals surface area contributed by atoms with E-state index in [1.807, 2.05) is 50.2 Å². The van der Waals surface area contributed by atoms with E-state index in [1.165, 1.54) is 11.3 Å². The fourth-order valence-electron chi connectivity index (χ4n) is 3.06. The maximum Gasteiger partial charge on any atom is 0.257 e. The zero-order chi connectivity index (χ0) is 22.1. The van der Waals surface area contributed by atoms with Gasteiger partial charge in [0.25, 0.3) is 5.91 Å². The predicted molar refractivity (Wildman–Crippen MR) is 135 cm³/mol. The summed E-state index contributed by atoms with van der Waals surface area (Å²) in [6.07, 6.45) is 0. The van der Waals surface area contributed by atoms with Gasteiger partial charge in [-0.2, -0.15) is 0 Å². The molecule has 0 saturated carbocycles. The zero-order valence-corrected chi connectivity index (χ0v) is 19.8. The number of thiocarbonyl (C=S) groups is 1. The Morgan fingerprint density at radius 3 is 2.55 bits per heavy atom. The summed E-state index contributed by atoms with van der Waals surface area (Å²) >= 11 is 19.6. The number of nitrogens with one attached hydrogen (secondary N) is 2. The minimum absolute atomic E-state index is 0.134. The summed E-state index contributed by atoms with van der Waals surface area (Å²) in [6, 6.07) is 16.8. The van der Waals surface area contributed by atoms with E-state index in [9.17, 15) is 4.79 Å². The first-order valence-corrected chi connectivity index (χ1v) is 11.3. The lowest BCUT2D eigenvalue weighted by Gasteiger charge is -2.15. The van der Waals surface area contributed by atoms with E-state index in [0.29, 0.717) is 26.9 Å². The Kier molecular flexibility index (Phi) is 6.25. The number of fused-ring (bicyclic) bond motifs is 1. The van der Waals surface area contributed by atoms with Crippen molar-refractivity contribution >= 4 is 73.7 Å². The topological polar surface area (TPSA) is 54.0 Å². The maximum absolute atomic E-state index is 12.6. The van der Waals surface area contributed by atoms with E-state index >= 15 is 0 Å². The van der Waals surface area contributed by atoms with Crippen molar-refractivity contribution in [2.24, 2.45) is 0 Å². The zero-order valence-electron chi connectivity index (χ0n) is 16.6. The van der Waals surface area contributed by atoms with E-state index < -0.39 is 0 Å². The lowest BCUT2D eigenvalue weighted by Crippen LogP contribution is -2.34. The molecule has 8 heteroatoms. The summed E-state index contributed by atoms with van der Waals surface area (Å²) < 4.78 is 1.05. The van der Waals surface area contributed by atoms with Gasteiger partial charge in [0.15, 0.2) is 5.11 Å². The number of hydrogen-bond donors (Lipinski definition) is 2. The van der Waals surface area contributed by atoms with E-state index in [0.717, 1.165) is 26.4 Å². The first-order valence-electron chi connectivity index (χ1n) is 9.36. The van der Waals surface area contributed by atoms with E-state index in [2.05, 4.69) is 10.6 Å². The molecule has 4 rings (SSSR count). The highest BCUT2D eigenvalue weighted by Gasteiger charge is 2.17. The van der Waals surface area contributed by atoms with Gasteiger partial charge in [-0.1, -0.05) is 41.4 Å². The van der Waals surface area contributed by atoms with Crippen LogP contribution in [0.2, 0.25) is 10.0 Å². The molecule has 156 valence electrons. The average molecular weight is 486 g/mol. The number of hydrogen-bond acceptors (Lipinski definition) is 4. The number of aromatic nitrogens is 1. The number of halogens is 2. The molecule has 0 bridgehead atoms. The van der Waals surface area contributed by atoms with Crippen molar-refractivity contribution in [2.45, 2.75) is 13.8 Å². The van der Waals surface area contributed by atoms with Crippen LogP contribution in [-0.4, -0.2) is 16.0 Å². The lowest BCUT2D eigenvalue weighted by atomic mass is 10.1. The third kappa shape index (κ3) is 4.72. The minimum atomic E-state index is -0.299. The standard InChI is InChI=1S/C23H17Cl2N3OS2/c1-12-7-8-14(9-13(12)2)21(29)28-23(30)27-20-16(10-15(24)11-17(20)25)22-26-18-5-3-4-6-19(18)31-22/h3-11H,1-2H3,(H2,27,28,29,30). The molecule has 3 aromatic carbocycles. The molecule has 1 aromatic heterocycles. The summed E-state index contributed by atoms with van der Waals surface area (Å²) in [4.78, 5) is 17.3. The van der Waals surface area contributed by atoms with Crippen LogP contribution < -0.4 is 10.6 Å². The number of thiazole rings is 1. The second-order valence-electron chi connectivity index (χ2n) is 7.00. The number of benzene rings is 3. The first kappa shape index (κ1) is 21.7. The number of para-hydroxylation sites is 1. The van der Waals surface area contributed by atoms with Gasteiger partial charge in [0.05, 0.1) is 20.9 Å². The summed E-state index contributed by atoms with van der Waals surface area (Å²) in [5, 5.41) is 7.50. The molecule has 0 aliphatic carbocycles. The van der Waals surface area contributed by atoms with Crippen molar-refractivity contribution in [3.8, 4) is 10.6 Å². The highest BCUT2D eigenvalue weighted by Crippen LogP contribution is 2.40. The number of amides is 1. The molecule has 4 nitrogen and oxygen atoms in total. The van der Waals surface area contributed by atoms with Gasteiger partial charge in [-0.25, -0.2) is 4.98 Å². The Morgan fingerprint density at radius 1 is 1.03 bits per heavy atom. The molecular formula is C23H17Cl2N3OS2. The SMILES string of the molecule is Cc1ccc(C(=O)NC(=S)Nc2c(Cl)cc(Cl)cc2-c2nc3ccccc3s2)cc1C. The number of rotatable bonds is 3. The van der Waals surface area contributed by atoms with Crippen LogP contribution in [0.5, 0.6) is 0 Å². The van der Waals surface area contributed by atoms with Crippen molar-refractivity contribution < 1.29 is 4.79 Å². The van der Waals surface area contributed by atoms with E-state index in [1.54, 1.807) is 18.2 Å². The summed E-state index contributed by atoms with van der Waals surface area (Å²) in [7, 11) is 0. The Balaban J connectivity index is 1.62. The number of carbonyl (C=O) groups is 1. The number of anilines is 1. The summed E-state index contributed by atoms with van der Waals surface area (Å²) in [5.74, 6) is -0.299. The van der Waals surface area contributed by atoms with Gasteiger partial charge in [0, 0.05) is 16.1 Å². The Labute approximate surface area is 199 Å². The van der Waals surface area contributed by atoms with Crippen LogP contribution in [0.1, 0.15) is 21.5 Å². The van der Waals surface area contributed by atoms with Crippen LogP contribution in [0, 0.1) is 13.8 Å². The molecule has 0 atom stereocenters. The molecule has 0 aliphatic heterocycles. The molecule has 0 aliphatic rings. The smallest absolute Gasteiger partial charge is 0.257 e. The van der Waals surface area contributed by atoms with Crippen molar-refractivity contribution in [3.63, 3.8) is 0 Å². The lowest BCUT2D eigenvalue weighted by molar-refractivity contribution is 0.0977. The van der Waals surface area contributed by atoms with Crippen LogP contribution in [0.25, 0.3) is 20.8 Å². The normalized spacial score (nSPS) is 10.8. The quantitative estimate of drug-likeness (QED) is 0.306. The molecule has 4 aromatic rings. The molecule has 0 fully saturated rings. The Morgan fingerprint density at radius 2 is 1.81 bits per heavy atom. The first-order chi connectivity index (χ1) is 14.8. The number of aryl methyl sites for hydroxylation is 2. The minimum Gasteiger partial charge on any atom is -0.331 e. The second-order valence-corrected chi connectivity index (χ2v) is 9.29. The summed E-state index contributed by atoms with van der Waals surface area (Å²) in [6.45, 7) is 3.95. The number of nitrogens with zero attached hydrogens (tertiary/aromatic N) is 1. The van der Waals surface area contributed by atoms with Crippen molar-refractivity contribution in [2.75, 3.05) is 5.32 Å². The van der Waals surface area contributed by atoms with Crippen LogP contribution in [0.4, 0.5) is 5.69 Å². The highest BCUT2D eigenvalue weighted by molar-refractivity contribution is 7.80. The summed E-state index contributed by atoms with van der Waals surface area (Å²) in [5.41, 5.74) is 4.81. The van der Waals surface area contributed by atoms with Crippen molar-refractivity contribution in [1.82, 2.24) is 10.3 Å². The molecule has 1 amide bonds. The van der Waals surface area contributed by atoms with Gasteiger partial charge in [-0.15, -0.1) is 11.3 Å². The molecular weight excluding hydrogens is 469 g/mol. The largest absolute Gasteiger partial charge is 0.331 e. The highest BCUT2D eigenvalue weighted by atomic mass is 35.5. The number of carbonyl (C=O) groups excluding carboxylic acids is 1. The van der Waals surface area contributed by atoms with E-state index in [-0.39, 0.29) is 11.0 Å². The third-order valence-electron chi connectivity index (χ3n) is 4.81. The van der Waals surface area contributed by atoms with Gasteiger partial charge in [0.1, 0.15) is 5.01 Å². The van der Waals surface area contributed by atoms with Gasteiger partial charge in [0.2, 0.25) is 0 Å². The molecule has 1 heterocycles. The van der Waals surface area contributed by atoms with Gasteiger partial charge >= 0.3 is 0 Å². The van der Waals surface area contributed by atoms with Gasteiger partial charge < -0.3 is 5.32 Å². The fourth-order valence-corrected chi connectivity index (χ4v) is 4.78. The van der Waals surface area contributed by atoms with Gasteiger partial charge in [-0.05, 0) is 73.6 Å². The molecule has 0 saturated heterocycles. The van der Waals surface area contributed by atoms with Gasteiger partial charge in [-0.3, -0.25) is 10.1 Å². The van der Waals surface area contributed by atoms with E-state index in [4.69, 9.17) is 40.4 Å². The molecule has 0 spiro atoms. The average Bonchev–Trinajstić information content (AvgIpc) is 3.16. The Hall–Kier alpha value is -2.51. The second kappa shape index (κ2) is 8.93. The molecule has 0 unspecified atom stereocenters. The van der Waals surface area contributed by atoms with Crippen LogP contribution in [0.15, 0.2) is 54.6 Å². The molecule has 31 heavy (non-hydrogen) atoms. The fraction of sp³-hybridized carbons (Fsp3) is 0.0870. The molecule has 2 N–H and O–H groups in total. The van der Waals surface area contributed by atoms with Crippen molar-refractivity contribution in [1.29, 1.82) is 0 Å². The van der Waals surface area contributed by atoms with Crippen LogP contribution in [-0.2, 0) is 0 Å². The molecule has 0 radical (unpaired) electrons. The van der Waals surface area contributed by atoms with Crippen LogP contribution >= 0.6 is 46.8 Å².